The van der Waals surface area contributed by atoms with Gasteiger partial charge in [0.25, 0.3) is 5.91 Å². The number of nitrogens with zero attached hydrogens (tertiary/aromatic N) is 2. The Labute approximate surface area is 101 Å². The van der Waals surface area contributed by atoms with Crippen LogP contribution < -0.4 is 0 Å². The first-order valence-corrected chi connectivity index (χ1v) is 6.20. The Bertz CT molecular complexity index is 372. The fourth-order valence-electron chi connectivity index (χ4n) is 2.90. The summed E-state index contributed by atoms with van der Waals surface area (Å²) >= 11 is 0. The highest BCUT2D eigenvalue weighted by molar-refractivity contribution is 6.14. The summed E-state index contributed by atoms with van der Waals surface area (Å²) in [7, 11) is 1.46. The molecule has 0 radical (unpaired) electrons. The highest BCUT2D eigenvalue weighted by Crippen LogP contribution is 2.41. The summed E-state index contributed by atoms with van der Waals surface area (Å²) in [6.07, 6.45) is 4.07. The van der Waals surface area contributed by atoms with E-state index in [1.165, 1.54) is 11.9 Å². The van der Waals surface area contributed by atoms with Crippen molar-refractivity contribution in [3.8, 4) is 0 Å². The number of amides is 4. The normalized spacial score (nSPS) is 22.9. The lowest BCUT2D eigenvalue weighted by Gasteiger charge is -2.29. The van der Waals surface area contributed by atoms with Crippen LogP contribution in [0.5, 0.6) is 0 Å². The number of carbonyl (C=O) groups is 3. The van der Waals surface area contributed by atoms with E-state index in [1.54, 1.807) is 0 Å². The summed E-state index contributed by atoms with van der Waals surface area (Å²) in [6, 6.07) is -0.449. The standard InChI is InChI=1S/C12H18N2O3/c1-3-6-9(15)14-11(17)13(2)10(16)12(14)7-4-5-8-12/h3-8H2,1-2H3. The van der Waals surface area contributed by atoms with E-state index < -0.39 is 11.6 Å². The van der Waals surface area contributed by atoms with E-state index >= 15 is 0 Å². The molecule has 94 valence electrons. The average molecular weight is 238 g/mol. The Morgan fingerprint density at radius 1 is 1.29 bits per heavy atom. The van der Waals surface area contributed by atoms with Crippen molar-refractivity contribution in [3.05, 3.63) is 0 Å². The molecule has 2 fully saturated rings. The van der Waals surface area contributed by atoms with E-state index in [4.69, 9.17) is 0 Å². The van der Waals surface area contributed by atoms with Gasteiger partial charge in [-0.3, -0.25) is 14.5 Å². The molecule has 0 aromatic carbocycles. The Hall–Kier alpha value is -1.39. The topological polar surface area (TPSA) is 57.7 Å². The predicted molar refractivity (Wildman–Crippen MR) is 61.1 cm³/mol. The lowest BCUT2D eigenvalue weighted by Crippen LogP contribution is -2.50. The molecule has 1 heterocycles. The first-order valence-electron chi connectivity index (χ1n) is 6.20. The van der Waals surface area contributed by atoms with Crippen LogP contribution in [-0.2, 0) is 9.59 Å². The summed E-state index contributed by atoms with van der Waals surface area (Å²) in [4.78, 5) is 38.5. The van der Waals surface area contributed by atoms with Gasteiger partial charge in [0.15, 0.2) is 0 Å². The van der Waals surface area contributed by atoms with Gasteiger partial charge in [-0.15, -0.1) is 0 Å². The van der Waals surface area contributed by atoms with Crippen LogP contribution in [-0.4, -0.2) is 40.2 Å². The predicted octanol–water partition coefficient (Wildman–Crippen LogP) is 1.52. The van der Waals surface area contributed by atoms with Crippen LogP contribution in [0, 0.1) is 0 Å². The number of hydrogen-bond donors (Lipinski definition) is 0. The molecule has 1 aliphatic heterocycles. The van der Waals surface area contributed by atoms with Crippen molar-refractivity contribution >= 4 is 17.8 Å². The molecule has 1 spiro atoms. The molecule has 0 aromatic rings. The molecule has 5 nitrogen and oxygen atoms in total. The molecule has 0 bridgehead atoms. The van der Waals surface area contributed by atoms with Crippen molar-refractivity contribution in [1.82, 2.24) is 9.80 Å². The largest absolute Gasteiger partial charge is 0.334 e. The summed E-state index contributed by atoms with van der Waals surface area (Å²) in [5.74, 6) is -0.415. The highest BCUT2D eigenvalue weighted by atomic mass is 16.2. The molecule has 2 rings (SSSR count). The van der Waals surface area contributed by atoms with E-state index in [-0.39, 0.29) is 11.8 Å². The number of urea groups is 1. The monoisotopic (exact) mass is 238 g/mol. The van der Waals surface area contributed by atoms with Crippen molar-refractivity contribution in [2.24, 2.45) is 0 Å². The molecular formula is C12H18N2O3. The molecule has 0 N–H and O–H groups in total. The first kappa shape index (κ1) is 12.1. The van der Waals surface area contributed by atoms with Gasteiger partial charge in [0, 0.05) is 13.5 Å². The van der Waals surface area contributed by atoms with Gasteiger partial charge < -0.3 is 0 Å². The van der Waals surface area contributed by atoms with Crippen molar-refractivity contribution in [2.75, 3.05) is 7.05 Å². The number of hydrogen-bond acceptors (Lipinski definition) is 3. The number of imide groups is 2. The Kier molecular flexibility index (Phi) is 2.93. The third-order valence-electron chi connectivity index (χ3n) is 3.75. The molecule has 2 aliphatic rings. The van der Waals surface area contributed by atoms with Crippen LogP contribution in [0.25, 0.3) is 0 Å². The molecular weight excluding hydrogens is 220 g/mol. The zero-order valence-electron chi connectivity index (χ0n) is 10.4. The third-order valence-corrected chi connectivity index (χ3v) is 3.75. The maximum absolute atomic E-state index is 12.2. The summed E-state index contributed by atoms with van der Waals surface area (Å²) in [5.41, 5.74) is -0.849. The van der Waals surface area contributed by atoms with Gasteiger partial charge >= 0.3 is 6.03 Å². The highest BCUT2D eigenvalue weighted by Gasteiger charge is 2.59. The minimum absolute atomic E-state index is 0.204. The second-order valence-electron chi connectivity index (χ2n) is 4.86. The van der Waals surface area contributed by atoms with Crippen LogP contribution in [0.3, 0.4) is 0 Å². The molecule has 4 amide bonds. The van der Waals surface area contributed by atoms with Crippen molar-refractivity contribution < 1.29 is 14.4 Å². The van der Waals surface area contributed by atoms with Gasteiger partial charge in [-0.05, 0) is 19.3 Å². The minimum atomic E-state index is -0.849. The molecule has 0 atom stereocenters. The lowest BCUT2D eigenvalue weighted by molar-refractivity contribution is -0.140. The molecule has 1 saturated heterocycles. The van der Waals surface area contributed by atoms with Crippen LogP contribution in [0.15, 0.2) is 0 Å². The Balaban J connectivity index is 2.36. The number of likely N-dealkylation sites (N-methyl/N-ethyl adjacent to an activating group) is 1. The minimum Gasteiger partial charge on any atom is -0.274 e. The van der Waals surface area contributed by atoms with E-state index in [2.05, 4.69) is 0 Å². The number of carbonyl (C=O) groups excluding carboxylic acids is 3. The maximum Gasteiger partial charge on any atom is 0.334 e. The average Bonchev–Trinajstić information content (AvgIpc) is 2.83. The quantitative estimate of drug-likeness (QED) is 0.685. The lowest BCUT2D eigenvalue weighted by atomic mass is 9.95. The fourth-order valence-corrected chi connectivity index (χ4v) is 2.90. The summed E-state index contributed by atoms with van der Waals surface area (Å²) in [6.45, 7) is 1.89. The Morgan fingerprint density at radius 2 is 1.88 bits per heavy atom. The summed E-state index contributed by atoms with van der Waals surface area (Å²) in [5, 5.41) is 0. The van der Waals surface area contributed by atoms with E-state index in [0.29, 0.717) is 25.7 Å². The van der Waals surface area contributed by atoms with Gasteiger partial charge in [-0.25, -0.2) is 9.69 Å². The SMILES string of the molecule is CCCC(=O)N1C(=O)N(C)C(=O)C12CCCC2. The van der Waals surface area contributed by atoms with Gasteiger partial charge in [-0.2, -0.15) is 0 Å². The Morgan fingerprint density at radius 3 is 2.41 bits per heavy atom. The maximum atomic E-state index is 12.2. The molecule has 1 aliphatic carbocycles. The van der Waals surface area contributed by atoms with Crippen LogP contribution >= 0.6 is 0 Å². The van der Waals surface area contributed by atoms with E-state index in [9.17, 15) is 14.4 Å². The third kappa shape index (κ3) is 1.56. The van der Waals surface area contributed by atoms with E-state index in [0.717, 1.165) is 17.7 Å². The smallest absolute Gasteiger partial charge is 0.274 e. The van der Waals surface area contributed by atoms with Gasteiger partial charge in [0.05, 0.1) is 0 Å². The number of rotatable bonds is 2. The van der Waals surface area contributed by atoms with Crippen LogP contribution in [0.2, 0.25) is 0 Å². The van der Waals surface area contributed by atoms with Crippen molar-refractivity contribution in [2.45, 2.75) is 51.0 Å². The second kappa shape index (κ2) is 4.13. The summed E-state index contributed by atoms with van der Waals surface area (Å²) < 4.78 is 0. The molecule has 1 saturated carbocycles. The van der Waals surface area contributed by atoms with Crippen LogP contribution in [0.1, 0.15) is 45.4 Å². The van der Waals surface area contributed by atoms with Gasteiger partial charge in [-0.1, -0.05) is 19.8 Å². The van der Waals surface area contributed by atoms with Gasteiger partial charge in [0.1, 0.15) is 5.54 Å². The molecule has 0 unspecified atom stereocenters. The fraction of sp³-hybridized carbons (Fsp3) is 0.750. The van der Waals surface area contributed by atoms with Crippen molar-refractivity contribution in [1.29, 1.82) is 0 Å². The van der Waals surface area contributed by atoms with E-state index in [1.807, 2.05) is 6.92 Å². The molecule has 17 heavy (non-hydrogen) atoms. The zero-order chi connectivity index (χ0) is 12.6. The van der Waals surface area contributed by atoms with Crippen molar-refractivity contribution in [3.63, 3.8) is 0 Å². The second-order valence-corrected chi connectivity index (χ2v) is 4.86. The van der Waals surface area contributed by atoms with Crippen LogP contribution in [0.4, 0.5) is 4.79 Å². The first-order chi connectivity index (χ1) is 8.04. The zero-order valence-corrected chi connectivity index (χ0v) is 10.4. The van der Waals surface area contributed by atoms with Gasteiger partial charge in [0.2, 0.25) is 5.91 Å². The molecule has 5 heteroatoms. The molecule has 0 aromatic heterocycles.